The molecule has 21 heavy (non-hydrogen) atoms. The van der Waals surface area contributed by atoms with Gasteiger partial charge in [0, 0.05) is 11.1 Å². The number of rotatable bonds is 2. The Morgan fingerprint density at radius 1 is 1.19 bits per heavy atom. The minimum Gasteiger partial charge on any atom is -0.507 e. The highest BCUT2D eigenvalue weighted by molar-refractivity contribution is 6.31. The first-order valence-corrected chi connectivity index (χ1v) is 7.33. The van der Waals surface area contributed by atoms with Crippen LogP contribution in [0.15, 0.2) is 36.4 Å². The van der Waals surface area contributed by atoms with Crippen LogP contribution in [-0.4, -0.2) is 14.7 Å². The first-order chi connectivity index (χ1) is 9.99. The van der Waals surface area contributed by atoms with Crippen molar-refractivity contribution < 1.29 is 5.11 Å². The monoisotopic (exact) mass is 300 g/mol. The van der Waals surface area contributed by atoms with E-state index in [9.17, 15) is 5.11 Å². The van der Waals surface area contributed by atoms with E-state index >= 15 is 0 Å². The van der Waals surface area contributed by atoms with Gasteiger partial charge in [-0.25, -0.2) is 4.98 Å². The summed E-state index contributed by atoms with van der Waals surface area (Å²) in [5.74, 6) is 1.05. The standard InChI is InChI=1S/C17H17ClN2O/c1-10(2)20-15-8-7-12(18)9-14(15)19-17(20)13-6-4-5-11(3)16(13)21/h4-10,21H,1-3H3. The van der Waals surface area contributed by atoms with E-state index in [1.165, 1.54) is 0 Å². The SMILES string of the molecule is Cc1cccc(-c2nc3cc(Cl)ccc3n2C(C)C)c1O. The Labute approximate surface area is 128 Å². The van der Waals surface area contributed by atoms with E-state index in [0.29, 0.717) is 5.02 Å². The predicted octanol–water partition coefficient (Wildman–Crippen LogP) is 4.95. The average Bonchev–Trinajstić information content (AvgIpc) is 2.80. The van der Waals surface area contributed by atoms with Gasteiger partial charge < -0.3 is 9.67 Å². The van der Waals surface area contributed by atoms with Gasteiger partial charge in [-0.15, -0.1) is 0 Å². The van der Waals surface area contributed by atoms with E-state index in [0.717, 1.165) is 28.0 Å². The lowest BCUT2D eigenvalue weighted by Crippen LogP contribution is -2.03. The average molecular weight is 301 g/mol. The van der Waals surface area contributed by atoms with Crippen LogP contribution in [0.5, 0.6) is 5.75 Å². The van der Waals surface area contributed by atoms with Crippen LogP contribution in [0.4, 0.5) is 0 Å². The molecule has 108 valence electrons. The van der Waals surface area contributed by atoms with E-state index in [-0.39, 0.29) is 11.8 Å². The summed E-state index contributed by atoms with van der Waals surface area (Å²) in [5, 5.41) is 11.0. The third-order valence-electron chi connectivity index (χ3n) is 3.65. The van der Waals surface area contributed by atoms with Crippen molar-refractivity contribution in [2.75, 3.05) is 0 Å². The molecular weight excluding hydrogens is 284 g/mol. The number of phenols is 1. The fourth-order valence-corrected chi connectivity index (χ4v) is 2.79. The number of hydrogen-bond acceptors (Lipinski definition) is 2. The maximum atomic E-state index is 10.4. The van der Waals surface area contributed by atoms with Crippen LogP contribution in [-0.2, 0) is 0 Å². The molecule has 0 saturated carbocycles. The van der Waals surface area contributed by atoms with Crippen molar-refractivity contribution in [2.45, 2.75) is 26.8 Å². The van der Waals surface area contributed by atoms with E-state index in [4.69, 9.17) is 11.6 Å². The van der Waals surface area contributed by atoms with E-state index < -0.39 is 0 Å². The number of aryl methyl sites for hydroxylation is 1. The van der Waals surface area contributed by atoms with Crippen LogP contribution in [0.3, 0.4) is 0 Å². The molecule has 1 N–H and O–H groups in total. The van der Waals surface area contributed by atoms with E-state index in [1.54, 1.807) is 0 Å². The van der Waals surface area contributed by atoms with Crippen LogP contribution in [0.25, 0.3) is 22.4 Å². The topological polar surface area (TPSA) is 38.0 Å². The molecule has 0 spiro atoms. The molecule has 0 amide bonds. The minimum absolute atomic E-state index is 0.228. The largest absolute Gasteiger partial charge is 0.507 e. The lowest BCUT2D eigenvalue weighted by atomic mass is 10.1. The number of nitrogens with zero attached hydrogens (tertiary/aromatic N) is 2. The summed E-state index contributed by atoms with van der Waals surface area (Å²) < 4.78 is 2.13. The molecule has 3 rings (SSSR count). The number of hydrogen-bond donors (Lipinski definition) is 1. The van der Waals surface area contributed by atoms with Gasteiger partial charge in [0.1, 0.15) is 11.6 Å². The van der Waals surface area contributed by atoms with Gasteiger partial charge in [-0.05, 0) is 50.6 Å². The van der Waals surface area contributed by atoms with E-state index in [1.807, 2.05) is 43.3 Å². The van der Waals surface area contributed by atoms with Crippen molar-refractivity contribution >= 4 is 22.6 Å². The molecule has 0 atom stereocenters. The Morgan fingerprint density at radius 2 is 1.95 bits per heavy atom. The van der Waals surface area contributed by atoms with Crippen molar-refractivity contribution in [2.24, 2.45) is 0 Å². The number of imidazole rings is 1. The van der Waals surface area contributed by atoms with Crippen molar-refractivity contribution in [3.8, 4) is 17.1 Å². The number of halogens is 1. The molecule has 0 bridgehead atoms. The van der Waals surface area contributed by atoms with Crippen molar-refractivity contribution in [1.29, 1.82) is 0 Å². The molecule has 0 aliphatic carbocycles. The molecule has 1 heterocycles. The highest BCUT2D eigenvalue weighted by atomic mass is 35.5. The number of phenolic OH excluding ortho intramolecular Hbond substituents is 1. The number of aromatic hydroxyl groups is 1. The molecule has 3 aromatic rings. The smallest absolute Gasteiger partial charge is 0.145 e. The molecule has 0 saturated heterocycles. The Hall–Kier alpha value is -2.00. The molecule has 0 radical (unpaired) electrons. The third-order valence-corrected chi connectivity index (χ3v) is 3.88. The molecule has 2 aromatic carbocycles. The lowest BCUT2D eigenvalue weighted by molar-refractivity contribution is 0.472. The molecule has 0 unspecified atom stereocenters. The zero-order valence-electron chi connectivity index (χ0n) is 12.3. The summed E-state index contributed by atoms with van der Waals surface area (Å²) in [7, 11) is 0. The van der Waals surface area contributed by atoms with Crippen LogP contribution < -0.4 is 0 Å². The van der Waals surface area contributed by atoms with Crippen LogP contribution >= 0.6 is 11.6 Å². The Balaban J connectivity index is 2.36. The summed E-state index contributed by atoms with van der Waals surface area (Å²) >= 11 is 6.06. The summed E-state index contributed by atoms with van der Waals surface area (Å²) in [6.45, 7) is 6.09. The van der Waals surface area contributed by atoms with Crippen LogP contribution in [0.2, 0.25) is 5.02 Å². The zero-order valence-corrected chi connectivity index (χ0v) is 13.0. The van der Waals surface area contributed by atoms with Crippen molar-refractivity contribution in [1.82, 2.24) is 9.55 Å². The highest BCUT2D eigenvalue weighted by Gasteiger charge is 2.18. The fourth-order valence-electron chi connectivity index (χ4n) is 2.62. The Kier molecular flexibility index (Phi) is 3.38. The van der Waals surface area contributed by atoms with Gasteiger partial charge in [0.05, 0.1) is 16.6 Å². The van der Waals surface area contributed by atoms with Crippen LogP contribution in [0.1, 0.15) is 25.5 Å². The molecule has 3 nitrogen and oxygen atoms in total. The maximum absolute atomic E-state index is 10.4. The lowest BCUT2D eigenvalue weighted by Gasteiger charge is -2.14. The normalized spacial score (nSPS) is 11.5. The van der Waals surface area contributed by atoms with Gasteiger partial charge in [-0.3, -0.25) is 0 Å². The molecule has 0 fully saturated rings. The molecular formula is C17H17ClN2O. The van der Waals surface area contributed by atoms with Gasteiger partial charge in [0.15, 0.2) is 0 Å². The van der Waals surface area contributed by atoms with Gasteiger partial charge >= 0.3 is 0 Å². The number of para-hydroxylation sites is 1. The van der Waals surface area contributed by atoms with Crippen LogP contribution in [0, 0.1) is 6.92 Å². The number of fused-ring (bicyclic) bond motifs is 1. The Bertz CT molecular complexity index is 821. The van der Waals surface area contributed by atoms with Crippen molar-refractivity contribution in [3.05, 3.63) is 47.0 Å². The second-order valence-corrected chi connectivity index (χ2v) is 5.94. The van der Waals surface area contributed by atoms with Gasteiger partial charge in [0.25, 0.3) is 0 Å². The maximum Gasteiger partial charge on any atom is 0.145 e. The molecule has 1 aromatic heterocycles. The number of aromatic nitrogens is 2. The van der Waals surface area contributed by atoms with Gasteiger partial charge in [-0.1, -0.05) is 23.7 Å². The second-order valence-electron chi connectivity index (χ2n) is 5.50. The Morgan fingerprint density at radius 3 is 2.67 bits per heavy atom. The predicted molar refractivity (Wildman–Crippen MR) is 87.0 cm³/mol. The van der Waals surface area contributed by atoms with Gasteiger partial charge in [0.2, 0.25) is 0 Å². The summed E-state index contributed by atoms with van der Waals surface area (Å²) in [6, 6.07) is 11.6. The highest BCUT2D eigenvalue weighted by Crippen LogP contribution is 2.35. The number of benzene rings is 2. The van der Waals surface area contributed by atoms with E-state index in [2.05, 4.69) is 23.4 Å². The zero-order chi connectivity index (χ0) is 15.1. The summed E-state index contributed by atoms with van der Waals surface area (Å²) in [5.41, 5.74) is 3.45. The van der Waals surface area contributed by atoms with Gasteiger partial charge in [-0.2, -0.15) is 0 Å². The summed E-state index contributed by atoms with van der Waals surface area (Å²) in [4.78, 5) is 4.69. The third kappa shape index (κ3) is 2.28. The second kappa shape index (κ2) is 5.08. The van der Waals surface area contributed by atoms with Crippen molar-refractivity contribution in [3.63, 3.8) is 0 Å². The minimum atomic E-state index is 0.228. The molecule has 4 heteroatoms. The molecule has 0 aliphatic heterocycles. The molecule has 0 aliphatic rings. The first kappa shape index (κ1) is 14.0. The fraction of sp³-hybridized carbons (Fsp3) is 0.235. The first-order valence-electron chi connectivity index (χ1n) is 6.95. The quantitative estimate of drug-likeness (QED) is 0.727. The summed E-state index contributed by atoms with van der Waals surface area (Å²) in [6.07, 6.45) is 0.